The molecule has 0 amide bonds. The number of methoxy groups -OCH3 is 1. The van der Waals surface area contributed by atoms with Crippen molar-refractivity contribution in [2.75, 3.05) is 44.0 Å². The predicted octanol–water partition coefficient (Wildman–Crippen LogP) is 6.34. The second-order valence-corrected chi connectivity index (χ2v) is 11.1. The number of hydrogen-bond donors (Lipinski definition) is 4. The molecule has 0 radical (unpaired) electrons. The van der Waals surface area contributed by atoms with Crippen molar-refractivity contribution in [3.8, 4) is 0 Å². The van der Waals surface area contributed by atoms with Crippen LogP contribution >= 0.6 is 11.9 Å². The zero-order valence-corrected chi connectivity index (χ0v) is 24.8. The molecule has 4 rings (SSSR count). The van der Waals surface area contributed by atoms with E-state index in [2.05, 4.69) is 52.2 Å². The molecule has 40 heavy (non-hydrogen) atoms. The Kier molecular flexibility index (Phi) is 10.3. The summed E-state index contributed by atoms with van der Waals surface area (Å²) in [6, 6.07) is 14.4. The van der Waals surface area contributed by atoms with E-state index in [1.165, 1.54) is 23.1 Å². The van der Waals surface area contributed by atoms with Crippen molar-refractivity contribution >= 4 is 35.1 Å². The molecule has 7 nitrogen and oxygen atoms in total. The van der Waals surface area contributed by atoms with Crippen molar-refractivity contribution in [3.05, 3.63) is 99.1 Å². The molecule has 2 aromatic carbocycles. The summed E-state index contributed by atoms with van der Waals surface area (Å²) in [6.45, 7) is 14.4. The van der Waals surface area contributed by atoms with Gasteiger partial charge in [-0.25, -0.2) is 0 Å². The monoisotopic (exact) mass is 559 g/mol. The molecule has 5 N–H and O–H groups in total. The van der Waals surface area contributed by atoms with Gasteiger partial charge >= 0.3 is 0 Å². The lowest BCUT2D eigenvalue weighted by molar-refractivity contribution is 0.130. The van der Waals surface area contributed by atoms with Crippen LogP contribution < -0.4 is 21.3 Å². The van der Waals surface area contributed by atoms with Crippen LogP contribution in [0.2, 0.25) is 0 Å². The minimum atomic E-state index is -0.193. The number of H-pyrrole nitrogens is 1. The number of allylic oxidation sites excluding steroid dienone is 1. The number of hydrogen-bond acceptors (Lipinski definition) is 7. The number of aromatic amines is 1. The van der Waals surface area contributed by atoms with Gasteiger partial charge in [-0.1, -0.05) is 24.8 Å². The Labute approximate surface area is 242 Å². The molecule has 1 aliphatic heterocycles. The van der Waals surface area contributed by atoms with E-state index in [-0.39, 0.29) is 5.56 Å². The van der Waals surface area contributed by atoms with Crippen molar-refractivity contribution < 1.29 is 4.74 Å². The molecular weight excluding hydrogens is 518 g/mol. The lowest BCUT2D eigenvalue weighted by atomic mass is 9.86. The maximum Gasteiger partial charge on any atom is 0.257 e. The van der Waals surface area contributed by atoms with Gasteiger partial charge in [0.1, 0.15) is 0 Å². The van der Waals surface area contributed by atoms with E-state index in [4.69, 9.17) is 9.88 Å². The Morgan fingerprint density at radius 1 is 1.18 bits per heavy atom. The zero-order valence-electron chi connectivity index (χ0n) is 24.0. The van der Waals surface area contributed by atoms with Crippen LogP contribution in [0.3, 0.4) is 0 Å². The molecule has 1 aromatic heterocycles. The Hall–Kier alpha value is -3.30. The highest BCUT2D eigenvalue weighted by Gasteiger charge is 2.22. The average molecular weight is 560 g/mol. The van der Waals surface area contributed by atoms with Gasteiger partial charge in [-0.2, -0.15) is 0 Å². The summed E-state index contributed by atoms with van der Waals surface area (Å²) in [7, 11) is 1.76. The van der Waals surface area contributed by atoms with E-state index in [0.29, 0.717) is 17.2 Å². The first-order valence-electron chi connectivity index (χ1n) is 13.7. The van der Waals surface area contributed by atoms with Crippen molar-refractivity contribution in [3.63, 3.8) is 0 Å². The molecule has 3 aromatic rings. The van der Waals surface area contributed by atoms with E-state index >= 15 is 0 Å². The van der Waals surface area contributed by atoms with E-state index in [9.17, 15) is 4.79 Å². The molecule has 0 spiro atoms. The fourth-order valence-corrected chi connectivity index (χ4v) is 5.95. The minimum absolute atomic E-state index is 0.193. The van der Waals surface area contributed by atoms with E-state index < -0.39 is 0 Å². The Morgan fingerprint density at radius 2 is 1.95 bits per heavy atom. The molecule has 8 heteroatoms. The van der Waals surface area contributed by atoms with E-state index in [1.54, 1.807) is 13.3 Å². The number of nitrogens with one attached hydrogen (secondary N) is 3. The summed E-state index contributed by atoms with van der Waals surface area (Å²) in [6.07, 6.45) is 5.92. The first-order chi connectivity index (χ1) is 19.3. The highest BCUT2D eigenvalue weighted by Crippen LogP contribution is 2.32. The van der Waals surface area contributed by atoms with Crippen molar-refractivity contribution in [2.24, 2.45) is 5.14 Å². The maximum atomic E-state index is 12.9. The Morgan fingerprint density at radius 3 is 2.65 bits per heavy atom. The third-order valence-corrected chi connectivity index (χ3v) is 8.31. The second kappa shape index (κ2) is 13.9. The molecule has 1 saturated heterocycles. The lowest BCUT2D eigenvalue weighted by Gasteiger charge is -2.32. The predicted molar refractivity (Wildman–Crippen MR) is 170 cm³/mol. The standard InChI is InChI=1S/C32H41N5O2S/c1-21-7-6-8-29(31(21)40-33)35-23(3)20-26-11-14-34-32(38)30(26)24(4)36-27-9-10-28(22(2)19-27)25-12-15-37(16-13-25)17-18-39-5/h6-11,14,19-20,25,35-36H,4,12-13,15-18,33H2,1-3,5H3,(H,34,38)/b23-20+. The molecule has 0 bridgehead atoms. The Balaban J connectivity index is 1.48. The summed E-state index contributed by atoms with van der Waals surface area (Å²) in [5.41, 5.74) is 8.12. The minimum Gasteiger partial charge on any atom is -0.383 e. The largest absolute Gasteiger partial charge is 0.383 e. The molecule has 0 saturated carbocycles. The number of likely N-dealkylation sites (tertiary alicyclic amines) is 1. The molecule has 212 valence electrons. The van der Waals surface area contributed by atoms with Crippen LogP contribution in [-0.2, 0) is 4.74 Å². The molecule has 1 aliphatic rings. The van der Waals surface area contributed by atoms with Crippen LogP contribution in [0.4, 0.5) is 11.4 Å². The number of benzene rings is 2. The SMILES string of the molecule is C=C(Nc1ccc(C2CCN(CCOC)CC2)c(C)c1)c1c(/C=C(\C)Nc2cccc(C)c2SN)cc[nH]c1=O. The first-order valence-corrected chi connectivity index (χ1v) is 14.6. The van der Waals surface area contributed by atoms with Crippen LogP contribution in [0.15, 0.2) is 70.6 Å². The number of rotatable bonds is 11. The van der Waals surface area contributed by atoms with Gasteiger partial charge in [0, 0.05) is 41.8 Å². The Bertz CT molecular complexity index is 1420. The van der Waals surface area contributed by atoms with Crippen LogP contribution in [0, 0.1) is 13.8 Å². The van der Waals surface area contributed by atoms with Gasteiger partial charge < -0.3 is 25.3 Å². The summed E-state index contributed by atoms with van der Waals surface area (Å²) in [5.74, 6) is 0.562. The highest BCUT2D eigenvalue weighted by molar-refractivity contribution is 7.97. The van der Waals surface area contributed by atoms with Crippen molar-refractivity contribution in [2.45, 2.75) is 44.4 Å². The first kappa shape index (κ1) is 29.7. The number of aryl methyl sites for hydroxylation is 2. The van der Waals surface area contributed by atoms with Crippen molar-refractivity contribution in [1.82, 2.24) is 9.88 Å². The molecular formula is C32H41N5O2S. The third kappa shape index (κ3) is 7.26. The van der Waals surface area contributed by atoms with Gasteiger partial charge in [-0.05, 0) is 117 Å². The van der Waals surface area contributed by atoms with E-state index in [1.807, 2.05) is 44.2 Å². The fraction of sp³-hybridized carbons (Fsp3) is 0.344. The number of nitrogens with zero attached hydrogens (tertiary/aromatic N) is 1. The van der Waals surface area contributed by atoms with Gasteiger partial charge in [0.2, 0.25) is 0 Å². The molecule has 1 fully saturated rings. The van der Waals surface area contributed by atoms with Gasteiger partial charge in [-0.3, -0.25) is 9.93 Å². The number of anilines is 2. The van der Waals surface area contributed by atoms with Crippen LogP contribution in [0.25, 0.3) is 11.8 Å². The summed E-state index contributed by atoms with van der Waals surface area (Å²) in [4.78, 5) is 19.2. The van der Waals surface area contributed by atoms with Gasteiger partial charge in [0.25, 0.3) is 5.56 Å². The average Bonchev–Trinajstić information content (AvgIpc) is 2.92. The lowest BCUT2D eigenvalue weighted by Crippen LogP contribution is -2.35. The van der Waals surface area contributed by atoms with Crippen molar-refractivity contribution in [1.29, 1.82) is 0 Å². The molecule has 2 heterocycles. The number of aromatic nitrogens is 1. The molecule has 0 aliphatic carbocycles. The topological polar surface area (TPSA) is 95.4 Å². The maximum absolute atomic E-state index is 12.9. The normalized spacial score (nSPS) is 14.8. The highest BCUT2D eigenvalue weighted by atomic mass is 32.2. The van der Waals surface area contributed by atoms with Crippen LogP contribution in [0.1, 0.15) is 53.5 Å². The van der Waals surface area contributed by atoms with Gasteiger partial charge in [0.15, 0.2) is 0 Å². The molecule has 0 atom stereocenters. The van der Waals surface area contributed by atoms with Gasteiger partial charge in [0.05, 0.1) is 17.9 Å². The zero-order chi connectivity index (χ0) is 28.6. The summed E-state index contributed by atoms with van der Waals surface area (Å²) < 4.78 is 5.23. The second-order valence-electron chi connectivity index (χ2n) is 10.4. The number of piperidine rings is 1. The third-order valence-electron chi connectivity index (χ3n) is 7.53. The quantitative estimate of drug-likeness (QED) is 0.204. The smallest absolute Gasteiger partial charge is 0.257 e. The number of nitrogens with two attached hydrogens (primary N) is 1. The number of pyridine rings is 1. The summed E-state index contributed by atoms with van der Waals surface area (Å²) in [5, 5.41) is 12.7. The molecule has 0 unspecified atom stereocenters. The fourth-order valence-electron chi connectivity index (χ4n) is 5.45. The number of ether oxygens (including phenoxy) is 1. The van der Waals surface area contributed by atoms with E-state index in [0.717, 1.165) is 72.2 Å². The van der Waals surface area contributed by atoms with Crippen LogP contribution in [-0.4, -0.2) is 43.2 Å². The van der Waals surface area contributed by atoms with Gasteiger partial charge in [-0.15, -0.1) is 0 Å². The summed E-state index contributed by atoms with van der Waals surface area (Å²) >= 11 is 1.22. The van der Waals surface area contributed by atoms with Crippen LogP contribution in [0.5, 0.6) is 0 Å².